The van der Waals surface area contributed by atoms with Crippen LogP contribution < -0.4 is 24.4 Å². The van der Waals surface area contributed by atoms with Gasteiger partial charge in [-0.05, 0) is 67.8 Å². The molecule has 0 fully saturated rings. The molecule has 3 aromatic carbocycles. The van der Waals surface area contributed by atoms with Crippen LogP contribution in [0, 0.1) is 0 Å². The molecule has 0 saturated carbocycles. The molecule has 1 aromatic heterocycles. The van der Waals surface area contributed by atoms with Gasteiger partial charge < -0.3 is 14.2 Å². The second kappa shape index (κ2) is 12.6. The standard InChI is InChI=1S/C32H29ClN2O5S/c1-4-38-26-17-22(13-16-25(26)40-19-21-11-14-24(33)15-12-21)18-27-30(36)35-29(23-9-7-6-8-10-23)28(31(37)39-5-2)20(3)34-32(35)41-27/h6-18,29H,4-5,19H2,1-3H3/b27-18+. The van der Waals surface area contributed by atoms with E-state index in [1.165, 1.54) is 11.3 Å². The van der Waals surface area contributed by atoms with Crippen molar-refractivity contribution in [3.8, 4) is 11.5 Å². The molecule has 0 radical (unpaired) electrons. The van der Waals surface area contributed by atoms with Crippen LogP contribution in [0.4, 0.5) is 0 Å². The number of rotatable bonds is 9. The number of esters is 1. The van der Waals surface area contributed by atoms with Crippen molar-refractivity contribution in [3.05, 3.63) is 125 Å². The van der Waals surface area contributed by atoms with Crippen molar-refractivity contribution in [3.63, 3.8) is 0 Å². The topological polar surface area (TPSA) is 79.1 Å². The quantitative estimate of drug-likeness (QED) is 0.244. The first-order valence-electron chi connectivity index (χ1n) is 13.3. The average Bonchev–Trinajstić information content (AvgIpc) is 3.27. The second-order valence-corrected chi connectivity index (χ2v) is 10.7. The Hall–Kier alpha value is -4.14. The molecule has 0 spiro atoms. The second-order valence-electron chi connectivity index (χ2n) is 9.27. The van der Waals surface area contributed by atoms with Crippen LogP contribution in [0.2, 0.25) is 5.02 Å². The summed E-state index contributed by atoms with van der Waals surface area (Å²) in [7, 11) is 0. The van der Waals surface area contributed by atoms with Crippen LogP contribution in [0.15, 0.2) is 93.9 Å². The van der Waals surface area contributed by atoms with Crippen molar-refractivity contribution >= 4 is 35.0 Å². The van der Waals surface area contributed by atoms with E-state index >= 15 is 0 Å². The fourth-order valence-electron chi connectivity index (χ4n) is 4.64. The molecule has 0 bridgehead atoms. The van der Waals surface area contributed by atoms with E-state index in [-0.39, 0.29) is 12.2 Å². The summed E-state index contributed by atoms with van der Waals surface area (Å²) in [4.78, 5) is 32.0. The van der Waals surface area contributed by atoms with Gasteiger partial charge in [0.15, 0.2) is 16.3 Å². The molecule has 41 heavy (non-hydrogen) atoms. The molecule has 0 N–H and O–H groups in total. The number of benzene rings is 3. The number of fused-ring (bicyclic) bond motifs is 1. The van der Waals surface area contributed by atoms with E-state index in [2.05, 4.69) is 4.99 Å². The van der Waals surface area contributed by atoms with Gasteiger partial charge in [-0.1, -0.05) is 71.5 Å². The lowest BCUT2D eigenvalue weighted by molar-refractivity contribution is -0.139. The van der Waals surface area contributed by atoms with Crippen LogP contribution in [-0.2, 0) is 16.1 Å². The van der Waals surface area contributed by atoms with Gasteiger partial charge in [-0.2, -0.15) is 0 Å². The molecule has 1 unspecified atom stereocenters. The third-order valence-electron chi connectivity index (χ3n) is 6.51. The first-order chi connectivity index (χ1) is 19.9. The van der Waals surface area contributed by atoms with Crippen molar-refractivity contribution in [2.75, 3.05) is 13.2 Å². The van der Waals surface area contributed by atoms with Gasteiger partial charge >= 0.3 is 5.97 Å². The molecular weight excluding hydrogens is 560 g/mol. The largest absolute Gasteiger partial charge is 0.490 e. The summed E-state index contributed by atoms with van der Waals surface area (Å²) in [5, 5.41) is 0.667. The fourth-order valence-corrected chi connectivity index (χ4v) is 5.81. The number of halogens is 1. The maximum Gasteiger partial charge on any atom is 0.338 e. The van der Waals surface area contributed by atoms with E-state index in [0.29, 0.717) is 50.3 Å². The third kappa shape index (κ3) is 6.14. The maximum atomic E-state index is 13.8. The lowest BCUT2D eigenvalue weighted by atomic mass is 9.96. The van der Waals surface area contributed by atoms with E-state index in [4.69, 9.17) is 25.8 Å². The zero-order chi connectivity index (χ0) is 28.9. The van der Waals surface area contributed by atoms with E-state index in [0.717, 1.165) is 16.7 Å². The van der Waals surface area contributed by atoms with E-state index < -0.39 is 12.0 Å². The minimum atomic E-state index is -0.642. The Balaban J connectivity index is 1.53. The number of nitrogens with zero attached hydrogens (tertiary/aromatic N) is 2. The first-order valence-corrected chi connectivity index (χ1v) is 14.5. The van der Waals surface area contributed by atoms with Gasteiger partial charge in [-0.25, -0.2) is 9.79 Å². The number of thiazole rings is 1. The monoisotopic (exact) mass is 588 g/mol. The predicted octanol–water partition coefficient (Wildman–Crippen LogP) is 5.43. The summed E-state index contributed by atoms with van der Waals surface area (Å²) in [5.41, 5.74) is 3.21. The Morgan fingerprint density at radius 3 is 2.46 bits per heavy atom. The van der Waals surface area contributed by atoms with Crippen molar-refractivity contribution in [1.29, 1.82) is 0 Å². The van der Waals surface area contributed by atoms with Crippen molar-refractivity contribution in [2.45, 2.75) is 33.4 Å². The van der Waals surface area contributed by atoms with Crippen molar-refractivity contribution in [2.24, 2.45) is 4.99 Å². The van der Waals surface area contributed by atoms with E-state index in [1.807, 2.05) is 79.7 Å². The third-order valence-corrected chi connectivity index (χ3v) is 7.74. The lowest BCUT2D eigenvalue weighted by Crippen LogP contribution is -2.39. The molecular formula is C32H29ClN2O5S. The lowest BCUT2D eigenvalue weighted by Gasteiger charge is -2.24. The minimum Gasteiger partial charge on any atom is -0.490 e. The van der Waals surface area contributed by atoms with E-state index in [1.54, 1.807) is 24.5 Å². The minimum absolute atomic E-state index is 0.225. The van der Waals surface area contributed by atoms with Gasteiger partial charge in [-0.15, -0.1) is 0 Å². The summed E-state index contributed by atoms with van der Waals surface area (Å²) in [5.74, 6) is 0.692. The normalized spacial score (nSPS) is 14.8. The van der Waals surface area contributed by atoms with Gasteiger partial charge in [0.25, 0.3) is 5.56 Å². The summed E-state index contributed by atoms with van der Waals surface area (Å²) >= 11 is 7.26. The number of allylic oxidation sites excluding steroid dienone is 1. The highest BCUT2D eigenvalue weighted by molar-refractivity contribution is 7.07. The molecule has 1 aliphatic heterocycles. The summed E-state index contributed by atoms with van der Waals surface area (Å²) in [6.07, 6.45) is 1.81. The van der Waals surface area contributed by atoms with Crippen LogP contribution in [0.25, 0.3) is 6.08 Å². The Morgan fingerprint density at radius 1 is 1.00 bits per heavy atom. The average molecular weight is 589 g/mol. The van der Waals surface area contributed by atoms with Gasteiger partial charge in [-0.3, -0.25) is 9.36 Å². The Morgan fingerprint density at radius 2 is 1.76 bits per heavy atom. The number of aromatic nitrogens is 1. The number of ether oxygens (including phenoxy) is 3. The molecule has 7 nitrogen and oxygen atoms in total. The van der Waals surface area contributed by atoms with Gasteiger partial charge in [0.05, 0.1) is 35.1 Å². The highest BCUT2D eigenvalue weighted by Gasteiger charge is 2.33. The molecule has 2 heterocycles. The zero-order valence-corrected chi connectivity index (χ0v) is 24.5. The summed E-state index contributed by atoms with van der Waals surface area (Å²) < 4.78 is 19.3. The number of carbonyl (C=O) groups excluding carboxylic acids is 1. The maximum absolute atomic E-state index is 13.8. The predicted molar refractivity (Wildman–Crippen MR) is 160 cm³/mol. The van der Waals surface area contributed by atoms with Crippen molar-refractivity contribution in [1.82, 2.24) is 4.57 Å². The van der Waals surface area contributed by atoms with Crippen LogP contribution in [0.3, 0.4) is 0 Å². The highest BCUT2D eigenvalue weighted by atomic mass is 35.5. The van der Waals surface area contributed by atoms with Crippen LogP contribution in [-0.4, -0.2) is 23.8 Å². The van der Waals surface area contributed by atoms with Gasteiger partial charge in [0.2, 0.25) is 0 Å². The molecule has 0 saturated heterocycles. The molecule has 9 heteroatoms. The van der Waals surface area contributed by atoms with Crippen LogP contribution >= 0.6 is 22.9 Å². The molecule has 1 atom stereocenters. The highest BCUT2D eigenvalue weighted by Crippen LogP contribution is 2.31. The number of carbonyl (C=O) groups is 1. The number of hydrogen-bond acceptors (Lipinski definition) is 7. The molecule has 5 rings (SSSR count). The molecule has 0 aliphatic carbocycles. The van der Waals surface area contributed by atoms with Crippen molar-refractivity contribution < 1.29 is 19.0 Å². The Bertz CT molecular complexity index is 1780. The zero-order valence-electron chi connectivity index (χ0n) is 22.9. The Labute approximate surface area is 246 Å². The molecule has 4 aromatic rings. The van der Waals surface area contributed by atoms with E-state index in [9.17, 15) is 9.59 Å². The Kier molecular flexibility index (Phi) is 8.71. The molecule has 0 amide bonds. The molecule has 210 valence electrons. The fraction of sp³-hybridized carbons (Fsp3) is 0.219. The van der Waals surface area contributed by atoms with Crippen LogP contribution in [0.5, 0.6) is 11.5 Å². The smallest absolute Gasteiger partial charge is 0.338 e. The summed E-state index contributed by atoms with van der Waals surface area (Å²) in [6, 6.07) is 21.8. The first kappa shape index (κ1) is 28.4. The van der Waals surface area contributed by atoms with Gasteiger partial charge in [0.1, 0.15) is 6.61 Å². The van der Waals surface area contributed by atoms with Gasteiger partial charge in [0, 0.05) is 5.02 Å². The summed E-state index contributed by atoms with van der Waals surface area (Å²) in [6.45, 7) is 6.47. The SMILES string of the molecule is CCOC(=O)C1=C(C)N=c2s/c(=C/c3ccc(OCc4ccc(Cl)cc4)c(OCC)c3)c(=O)n2C1c1ccccc1. The van der Waals surface area contributed by atoms with Crippen LogP contribution in [0.1, 0.15) is 43.5 Å². The number of hydrogen-bond donors (Lipinski definition) is 0. The molecule has 1 aliphatic rings.